The monoisotopic (exact) mass is 352 g/mol. The van der Waals surface area contributed by atoms with Crippen molar-refractivity contribution >= 4 is 11.9 Å². The van der Waals surface area contributed by atoms with E-state index in [1.54, 1.807) is 18.5 Å². The maximum absolute atomic E-state index is 12.9. The van der Waals surface area contributed by atoms with Crippen molar-refractivity contribution in [3.63, 3.8) is 0 Å². The van der Waals surface area contributed by atoms with Crippen LogP contribution in [0.4, 0.5) is 19.1 Å². The van der Waals surface area contributed by atoms with Gasteiger partial charge in [0.25, 0.3) is 5.91 Å². The van der Waals surface area contributed by atoms with Crippen LogP contribution >= 0.6 is 0 Å². The minimum Gasteiger partial charge on any atom is -0.337 e. The van der Waals surface area contributed by atoms with E-state index < -0.39 is 17.8 Å². The van der Waals surface area contributed by atoms with Crippen LogP contribution in [0.3, 0.4) is 0 Å². The van der Waals surface area contributed by atoms with Gasteiger partial charge in [0.15, 0.2) is 0 Å². The van der Waals surface area contributed by atoms with Gasteiger partial charge in [0.2, 0.25) is 5.95 Å². The first-order valence-electron chi connectivity index (χ1n) is 7.59. The molecule has 3 heterocycles. The first-order valence-corrected chi connectivity index (χ1v) is 7.59. The van der Waals surface area contributed by atoms with Crippen LogP contribution in [0.2, 0.25) is 0 Å². The molecule has 2 aromatic rings. The summed E-state index contributed by atoms with van der Waals surface area (Å²) in [5, 5.41) is 0. The third kappa shape index (κ3) is 3.83. The summed E-state index contributed by atoms with van der Waals surface area (Å²) in [4.78, 5) is 31.4. The Morgan fingerprint density at radius 2 is 1.72 bits per heavy atom. The molecule has 3 rings (SSSR count). The number of carbonyl (C=O) groups is 1. The van der Waals surface area contributed by atoms with Crippen LogP contribution in [0.1, 0.15) is 22.0 Å². The van der Waals surface area contributed by atoms with Crippen molar-refractivity contribution in [1.29, 1.82) is 0 Å². The van der Waals surface area contributed by atoms with Gasteiger partial charge in [-0.05, 0) is 13.0 Å². The molecule has 0 saturated carbocycles. The second kappa shape index (κ2) is 6.61. The summed E-state index contributed by atoms with van der Waals surface area (Å²) in [5.74, 6) is -0.0639. The maximum Gasteiger partial charge on any atom is 0.433 e. The molecule has 1 amide bonds. The van der Waals surface area contributed by atoms with Gasteiger partial charge in [-0.1, -0.05) is 0 Å². The molecule has 0 radical (unpaired) electrons. The lowest BCUT2D eigenvalue weighted by atomic mass is 10.2. The Labute approximate surface area is 141 Å². The van der Waals surface area contributed by atoms with Gasteiger partial charge in [0, 0.05) is 44.6 Å². The normalized spacial score (nSPS) is 15.4. The molecule has 1 saturated heterocycles. The molecule has 25 heavy (non-hydrogen) atoms. The zero-order valence-corrected chi connectivity index (χ0v) is 13.4. The van der Waals surface area contributed by atoms with Crippen LogP contribution in [0.5, 0.6) is 0 Å². The molecule has 0 spiro atoms. The van der Waals surface area contributed by atoms with E-state index in [0.717, 1.165) is 0 Å². The largest absolute Gasteiger partial charge is 0.433 e. The second-order valence-corrected chi connectivity index (χ2v) is 5.51. The van der Waals surface area contributed by atoms with E-state index in [1.165, 1.54) is 11.8 Å². The van der Waals surface area contributed by atoms with Crippen molar-refractivity contribution < 1.29 is 18.0 Å². The van der Waals surface area contributed by atoms with Gasteiger partial charge in [-0.2, -0.15) is 13.2 Å². The first kappa shape index (κ1) is 17.1. The van der Waals surface area contributed by atoms with Gasteiger partial charge < -0.3 is 9.80 Å². The number of hydrogen-bond acceptors (Lipinski definition) is 6. The van der Waals surface area contributed by atoms with Crippen molar-refractivity contribution in [3.8, 4) is 0 Å². The number of halogens is 3. The summed E-state index contributed by atoms with van der Waals surface area (Å²) in [7, 11) is 0. The van der Waals surface area contributed by atoms with Gasteiger partial charge in [0.1, 0.15) is 17.2 Å². The van der Waals surface area contributed by atoms with Gasteiger partial charge in [-0.25, -0.2) is 19.9 Å². The average Bonchev–Trinajstić information content (AvgIpc) is 2.61. The lowest BCUT2D eigenvalue weighted by molar-refractivity contribution is -0.141. The van der Waals surface area contributed by atoms with Crippen molar-refractivity contribution in [2.45, 2.75) is 13.1 Å². The van der Waals surface area contributed by atoms with Gasteiger partial charge in [0.05, 0.1) is 0 Å². The second-order valence-electron chi connectivity index (χ2n) is 5.51. The number of carbonyl (C=O) groups excluding carboxylic acids is 1. The average molecular weight is 352 g/mol. The van der Waals surface area contributed by atoms with Crippen molar-refractivity contribution in [2.75, 3.05) is 31.1 Å². The molecule has 1 aliphatic heterocycles. The number of aromatic nitrogens is 4. The zero-order chi connectivity index (χ0) is 18.0. The molecule has 7 nitrogen and oxygen atoms in total. The summed E-state index contributed by atoms with van der Waals surface area (Å²) in [6, 6.07) is 2.40. The number of piperazine rings is 1. The number of alkyl halides is 3. The molecule has 132 valence electrons. The highest BCUT2D eigenvalue weighted by atomic mass is 19.4. The van der Waals surface area contributed by atoms with Gasteiger partial charge in [-0.3, -0.25) is 4.79 Å². The smallest absolute Gasteiger partial charge is 0.337 e. The molecule has 1 aliphatic rings. The number of rotatable bonds is 2. The summed E-state index contributed by atoms with van der Waals surface area (Å²) in [6.07, 6.45) is -1.36. The first-order chi connectivity index (χ1) is 11.8. The van der Waals surface area contributed by atoms with E-state index in [9.17, 15) is 18.0 Å². The molecule has 0 bridgehead atoms. The fourth-order valence-corrected chi connectivity index (χ4v) is 2.55. The maximum atomic E-state index is 12.9. The van der Waals surface area contributed by atoms with E-state index in [-0.39, 0.29) is 11.5 Å². The van der Waals surface area contributed by atoms with Crippen molar-refractivity contribution in [1.82, 2.24) is 24.8 Å². The van der Waals surface area contributed by atoms with Crippen LogP contribution in [0.15, 0.2) is 24.5 Å². The molecule has 0 aliphatic carbocycles. The molecule has 0 N–H and O–H groups in total. The standard InChI is InChI=1S/C15H15F3N6O/c1-10-21-11(9-12(22-10)15(16,17)18)13(25)23-5-7-24(8-6-23)14-19-3-2-4-20-14/h2-4,9H,5-8H2,1H3. The van der Waals surface area contributed by atoms with Crippen LogP contribution in [0.25, 0.3) is 0 Å². The zero-order valence-electron chi connectivity index (χ0n) is 13.4. The highest BCUT2D eigenvalue weighted by molar-refractivity contribution is 5.92. The molecular formula is C15H15F3N6O. The number of hydrogen-bond donors (Lipinski definition) is 0. The predicted molar refractivity (Wildman–Crippen MR) is 81.9 cm³/mol. The summed E-state index contributed by atoms with van der Waals surface area (Å²) in [5.41, 5.74) is -1.36. The predicted octanol–water partition coefficient (Wildman–Crippen LogP) is 1.56. The molecule has 0 atom stereocenters. The number of nitrogens with zero attached hydrogens (tertiary/aromatic N) is 6. The third-order valence-corrected chi connectivity index (χ3v) is 3.75. The number of aryl methyl sites for hydroxylation is 1. The van der Waals surface area contributed by atoms with E-state index in [0.29, 0.717) is 38.2 Å². The summed E-state index contributed by atoms with van der Waals surface area (Å²) < 4.78 is 38.6. The highest BCUT2D eigenvalue weighted by Gasteiger charge is 2.34. The minimum absolute atomic E-state index is 0.0884. The Kier molecular flexibility index (Phi) is 4.51. The van der Waals surface area contributed by atoms with Gasteiger partial charge in [-0.15, -0.1) is 0 Å². The SMILES string of the molecule is Cc1nc(C(=O)N2CCN(c3ncccn3)CC2)cc(C(F)(F)F)n1. The van der Waals surface area contributed by atoms with Crippen LogP contribution in [-0.2, 0) is 6.18 Å². The fraction of sp³-hybridized carbons (Fsp3) is 0.400. The lowest BCUT2D eigenvalue weighted by Gasteiger charge is -2.34. The van der Waals surface area contributed by atoms with Gasteiger partial charge >= 0.3 is 6.18 Å². The van der Waals surface area contributed by atoms with E-state index in [1.807, 2.05) is 4.90 Å². The number of anilines is 1. The van der Waals surface area contributed by atoms with E-state index in [4.69, 9.17) is 0 Å². The van der Waals surface area contributed by atoms with Crippen molar-refractivity contribution in [2.24, 2.45) is 0 Å². The van der Waals surface area contributed by atoms with E-state index in [2.05, 4.69) is 19.9 Å². The summed E-state index contributed by atoms with van der Waals surface area (Å²) in [6.45, 7) is 3.01. The third-order valence-electron chi connectivity index (χ3n) is 3.75. The lowest BCUT2D eigenvalue weighted by Crippen LogP contribution is -2.49. The van der Waals surface area contributed by atoms with Crippen LogP contribution < -0.4 is 4.90 Å². The number of amides is 1. The Morgan fingerprint density at radius 3 is 2.32 bits per heavy atom. The quantitative estimate of drug-likeness (QED) is 0.817. The fourth-order valence-electron chi connectivity index (χ4n) is 2.55. The Morgan fingerprint density at radius 1 is 1.08 bits per heavy atom. The van der Waals surface area contributed by atoms with E-state index >= 15 is 0 Å². The molecule has 0 aromatic carbocycles. The molecule has 2 aromatic heterocycles. The van der Waals surface area contributed by atoms with Crippen LogP contribution in [-0.4, -0.2) is 56.9 Å². The topological polar surface area (TPSA) is 75.1 Å². The molecule has 0 unspecified atom stereocenters. The Bertz CT molecular complexity index is 760. The Hall–Kier alpha value is -2.78. The minimum atomic E-state index is -4.62. The Balaban J connectivity index is 1.72. The highest BCUT2D eigenvalue weighted by Crippen LogP contribution is 2.28. The van der Waals surface area contributed by atoms with Crippen molar-refractivity contribution in [3.05, 3.63) is 41.7 Å². The molecule has 1 fully saturated rings. The molecular weight excluding hydrogens is 337 g/mol. The molecule has 10 heteroatoms. The summed E-state index contributed by atoms with van der Waals surface area (Å²) >= 11 is 0. The van der Waals surface area contributed by atoms with Crippen LogP contribution in [0, 0.1) is 6.92 Å².